The fraction of sp³-hybridized carbons (Fsp3) is 0.750. The highest BCUT2D eigenvalue weighted by Gasteiger charge is 2.30. The molecule has 0 spiro atoms. The van der Waals surface area contributed by atoms with Gasteiger partial charge in [0.05, 0.1) is 23.2 Å². The Morgan fingerprint density at radius 2 is 2.00 bits per heavy atom. The Labute approximate surface area is 107 Å². The highest BCUT2D eigenvalue weighted by molar-refractivity contribution is 7.91. The van der Waals surface area contributed by atoms with Crippen molar-refractivity contribution >= 4 is 9.84 Å². The first-order chi connectivity index (χ1) is 8.61. The fourth-order valence-corrected chi connectivity index (χ4v) is 4.60. The number of aromatic nitrogens is 2. The van der Waals surface area contributed by atoms with Crippen molar-refractivity contribution in [3.63, 3.8) is 0 Å². The first-order valence-electron chi connectivity index (χ1n) is 6.60. The van der Waals surface area contributed by atoms with Crippen molar-refractivity contribution in [3.05, 3.63) is 17.0 Å². The molecule has 100 valence electrons. The molecular formula is C12H19N3O2S. The molecule has 0 atom stereocenters. The smallest absolute Gasteiger partial charge is 0.150 e. The van der Waals surface area contributed by atoms with Gasteiger partial charge in [-0.15, -0.1) is 0 Å². The molecule has 5 nitrogen and oxygen atoms in total. The lowest BCUT2D eigenvalue weighted by Gasteiger charge is -2.23. The van der Waals surface area contributed by atoms with E-state index in [9.17, 15) is 8.42 Å². The van der Waals surface area contributed by atoms with E-state index in [1.54, 1.807) is 0 Å². The largest absolute Gasteiger partial charge is 0.325 e. The van der Waals surface area contributed by atoms with Crippen LogP contribution in [0, 0.1) is 0 Å². The molecule has 0 unspecified atom stereocenters. The molecule has 0 saturated carbocycles. The molecule has 1 saturated heterocycles. The van der Waals surface area contributed by atoms with Gasteiger partial charge in [0.2, 0.25) is 0 Å². The quantitative estimate of drug-likeness (QED) is 0.852. The molecule has 1 aromatic rings. The van der Waals surface area contributed by atoms with E-state index in [4.69, 9.17) is 5.73 Å². The minimum absolute atomic E-state index is 0.251. The Balaban J connectivity index is 1.89. The molecule has 3 rings (SSSR count). The van der Waals surface area contributed by atoms with Gasteiger partial charge in [0.25, 0.3) is 0 Å². The summed E-state index contributed by atoms with van der Waals surface area (Å²) in [5.41, 5.74) is 9.38. The first-order valence-corrected chi connectivity index (χ1v) is 8.42. The standard InChI is InChI=1S/C12H19N3O2S/c13-8-11-10-2-1-3-12(10)15(14-11)9-4-6-18(16,17)7-5-9/h9H,1-8,13H2. The number of hydrogen-bond donors (Lipinski definition) is 1. The number of nitrogens with zero attached hydrogens (tertiary/aromatic N) is 2. The second-order valence-electron chi connectivity index (χ2n) is 5.26. The van der Waals surface area contributed by atoms with E-state index in [1.165, 1.54) is 17.7 Å². The second-order valence-corrected chi connectivity index (χ2v) is 7.56. The van der Waals surface area contributed by atoms with Gasteiger partial charge in [-0.05, 0) is 37.7 Å². The zero-order valence-corrected chi connectivity index (χ0v) is 11.2. The van der Waals surface area contributed by atoms with Crippen LogP contribution in [0.4, 0.5) is 0 Å². The van der Waals surface area contributed by atoms with E-state index >= 15 is 0 Å². The van der Waals surface area contributed by atoms with Gasteiger partial charge in [-0.2, -0.15) is 5.10 Å². The monoisotopic (exact) mass is 269 g/mol. The minimum atomic E-state index is -2.80. The molecule has 0 radical (unpaired) electrons. The molecule has 1 aromatic heterocycles. The lowest BCUT2D eigenvalue weighted by atomic mass is 10.1. The Morgan fingerprint density at radius 1 is 1.28 bits per heavy atom. The van der Waals surface area contributed by atoms with Crippen LogP contribution in [0.25, 0.3) is 0 Å². The molecule has 6 heteroatoms. The number of sulfone groups is 1. The Hall–Kier alpha value is -0.880. The van der Waals surface area contributed by atoms with Crippen LogP contribution in [0.15, 0.2) is 0 Å². The van der Waals surface area contributed by atoms with Crippen molar-refractivity contribution in [2.24, 2.45) is 5.73 Å². The Bertz CT molecular complexity index is 548. The van der Waals surface area contributed by atoms with Crippen LogP contribution >= 0.6 is 0 Å². The van der Waals surface area contributed by atoms with Gasteiger partial charge in [-0.3, -0.25) is 4.68 Å². The van der Waals surface area contributed by atoms with Crippen LogP contribution < -0.4 is 5.73 Å². The van der Waals surface area contributed by atoms with Gasteiger partial charge in [0.1, 0.15) is 9.84 Å². The van der Waals surface area contributed by atoms with Gasteiger partial charge in [0, 0.05) is 12.2 Å². The Kier molecular flexibility index (Phi) is 2.94. The summed E-state index contributed by atoms with van der Waals surface area (Å²) in [6, 6.07) is 0.251. The van der Waals surface area contributed by atoms with Crippen LogP contribution in [0.1, 0.15) is 42.3 Å². The van der Waals surface area contributed by atoms with Crippen LogP contribution in [0.3, 0.4) is 0 Å². The van der Waals surface area contributed by atoms with Crippen molar-refractivity contribution in [1.82, 2.24) is 9.78 Å². The van der Waals surface area contributed by atoms with E-state index in [1.807, 2.05) is 0 Å². The maximum absolute atomic E-state index is 11.5. The third kappa shape index (κ3) is 1.97. The third-order valence-electron chi connectivity index (χ3n) is 4.11. The topological polar surface area (TPSA) is 78.0 Å². The number of hydrogen-bond acceptors (Lipinski definition) is 4. The van der Waals surface area contributed by atoms with Gasteiger partial charge >= 0.3 is 0 Å². The normalized spacial score (nSPS) is 23.2. The van der Waals surface area contributed by atoms with Gasteiger partial charge in [-0.1, -0.05) is 0 Å². The van der Waals surface area contributed by atoms with E-state index in [2.05, 4.69) is 9.78 Å². The van der Waals surface area contributed by atoms with E-state index in [0.717, 1.165) is 18.5 Å². The SMILES string of the molecule is NCc1nn(C2CCS(=O)(=O)CC2)c2c1CCC2. The molecule has 0 bridgehead atoms. The minimum Gasteiger partial charge on any atom is -0.325 e. The molecule has 0 aromatic carbocycles. The summed E-state index contributed by atoms with van der Waals surface area (Å²) < 4.78 is 25.0. The van der Waals surface area contributed by atoms with Crippen molar-refractivity contribution < 1.29 is 8.42 Å². The first kappa shape index (κ1) is 12.2. The molecule has 1 fully saturated rings. The lowest BCUT2D eigenvalue weighted by Crippen LogP contribution is -2.27. The molecule has 2 N–H and O–H groups in total. The Morgan fingerprint density at radius 3 is 2.67 bits per heavy atom. The number of fused-ring (bicyclic) bond motifs is 1. The summed E-state index contributed by atoms with van der Waals surface area (Å²) in [6.45, 7) is 0.486. The number of rotatable bonds is 2. The van der Waals surface area contributed by atoms with Crippen LogP contribution in [-0.4, -0.2) is 29.7 Å². The number of nitrogens with two attached hydrogens (primary N) is 1. The third-order valence-corrected chi connectivity index (χ3v) is 5.82. The predicted molar refractivity (Wildman–Crippen MR) is 69.1 cm³/mol. The van der Waals surface area contributed by atoms with Gasteiger partial charge < -0.3 is 5.73 Å². The van der Waals surface area contributed by atoms with Crippen molar-refractivity contribution in [2.75, 3.05) is 11.5 Å². The lowest BCUT2D eigenvalue weighted by molar-refractivity contribution is 0.399. The average Bonchev–Trinajstić information content (AvgIpc) is 2.90. The highest BCUT2D eigenvalue weighted by Crippen LogP contribution is 2.31. The zero-order chi connectivity index (χ0) is 12.8. The summed E-state index contributed by atoms with van der Waals surface area (Å²) in [4.78, 5) is 0. The van der Waals surface area contributed by atoms with Gasteiger partial charge in [-0.25, -0.2) is 8.42 Å². The summed E-state index contributed by atoms with van der Waals surface area (Å²) in [5.74, 6) is 0.592. The van der Waals surface area contributed by atoms with Crippen LogP contribution in [0.5, 0.6) is 0 Å². The molecule has 18 heavy (non-hydrogen) atoms. The van der Waals surface area contributed by atoms with E-state index in [-0.39, 0.29) is 6.04 Å². The van der Waals surface area contributed by atoms with Crippen molar-refractivity contribution in [2.45, 2.75) is 44.7 Å². The zero-order valence-electron chi connectivity index (χ0n) is 10.4. The maximum Gasteiger partial charge on any atom is 0.150 e. The molecule has 2 heterocycles. The summed E-state index contributed by atoms with van der Waals surface area (Å²) in [6.07, 6.45) is 4.70. The van der Waals surface area contributed by atoms with Crippen molar-refractivity contribution in [1.29, 1.82) is 0 Å². The van der Waals surface area contributed by atoms with Crippen molar-refractivity contribution in [3.8, 4) is 0 Å². The summed E-state index contributed by atoms with van der Waals surface area (Å²) in [7, 11) is -2.80. The molecular weight excluding hydrogens is 250 g/mol. The summed E-state index contributed by atoms with van der Waals surface area (Å²) >= 11 is 0. The average molecular weight is 269 g/mol. The molecule has 1 aliphatic carbocycles. The second kappa shape index (κ2) is 4.35. The fourth-order valence-electron chi connectivity index (χ4n) is 3.13. The molecule has 2 aliphatic rings. The predicted octanol–water partition coefficient (Wildman–Crippen LogP) is 0.580. The highest BCUT2D eigenvalue weighted by atomic mass is 32.2. The molecule has 1 aliphatic heterocycles. The molecule has 0 amide bonds. The van der Waals surface area contributed by atoms with E-state index < -0.39 is 9.84 Å². The van der Waals surface area contributed by atoms with Crippen LogP contribution in [-0.2, 0) is 29.2 Å². The summed E-state index contributed by atoms with van der Waals surface area (Å²) in [5, 5.41) is 4.62. The van der Waals surface area contributed by atoms with Crippen LogP contribution in [0.2, 0.25) is 0 Å². The van der Waals surface area contributed by atoms with E-state index in [0.29, 0.717) is 30.9 Å². The maximum atomic E-state index is 11.5. The van der Waals surface area contributed by atoms with Gasteiger partial charge in [0.15, 0.2) is 0 Å².